The first-order valence-electron chi connectivity index (χ1n) is 7.16. The van der Waals surface area contributed by atoms with Gasteiger partial charge in [0, 0.05) is 18.5 Å². The highest BCUT2D eigenvalue weighted by atomic mass is 19.4. The number of rotatable bonds is 2. The topological polar surface area (TPSA) is 49.4 Å². The Labute approximate surface area is 128 Å². The van der Waals surface area contributed by atoms with E-state index in [-0.39, 0.29) is 12.3 Å². The van der Waals surface area contributed by atoms with E-state index in [2.05, 4.69) is 0 Å². The lowest BCUT2D eigenvalue weighted by molar-refractivity contribution is -0.199. The summed E-state index contributed by atoms with van der Waals surface area (Å²) < 4.78 is 75.9. The maximum atomic E-state index is 13.1. The Morgan fingerprint density at radius 1 is 1.09 bits per heavy atom. The maximum Gasteiger partial charge on any atom is 0.471 e. The molecular weight excluding hydrogens is 330 g/mol. The van der Waals surface area contributed by atoms with Gasteiger partial charge >= 0.3 is 18.3 Å². The maximum absolute atomic E-state index is 13.1. The zero-order valence-electron chi connectivity index (χ0n) is 12.2. The minimum Gasteiger partial charge on any atom is -0.344 e. The van der Waals surface area contributed by atoms with Crippen LogP contribution in [0.1, 0.15) is 26.2 Å². The molecule has 2 fully saturated rings. The van der Waals surface area contributed by atoms with Crippen molar-refractivity contribution in [2.75, 3.05) is 6.54 Å². The number of carbonyl (C=O) groups is 2. The van der Waals surface area contributed by atoms with E-state index in [1.54, 1.807) is 12.2 Å². The summed E-state index contributed by atoms with van der Waals surface area (Å²) in [6.45, 7) is 1.16. The van der Waals surface area contributed by atoms with Gasteiger partial charge in [-0.3, -0.25) is 9.59 Å². The number of hydrogen-bond acceptors (Lipinski definition) is 2. The van der Waals surface area contributed by atoms with Gasteiger partial charge < -0.3 is 10.2 Å². The van der Waals surface area contributed by atoms with Crippen molar-refractivity contribution in [3.05, 3.63) is 0 Å². The minimum atomic E-state index is -5.11. The van der Waals surface area contributed by atoms with E-state index in [0.29, 0.717) is 11.3 Å². The van der Waals surface area contributed by atoms with E-state index < -0.39 is 55.1 Å². The quantitative estimate of drug-likeness (QED) is 0.780. The number of carbonyl (C=O) groups excluding carboxylic acids is 2. The first-order chi connectivity index (χ1) is 10.4. The summed E-state index contributed by atoms with van der Waals surface area (Å²) in [6, 6.07) is -3.15. The predicted octanol–water partition coefficient (Wildman–Crippen LogP) is 2.24. The van der Waals surface area contributed by atoms with Gasteiger partial charge in [0.2, 0.25) is 5.91 Å². The van der Waals surface area contributed by atoms with Crippen molar-refractivity contribution in [1.82, 2.24) is 10.2 Å². The van der Waals surface area contributed by atoms with Gasteiger partial charge in [-0.15, -0.1) is 0 Å². The van der Waals surface area contributed by atoms with Gasteiger partial charge in [0.25, 0.3) is 0 Å². The van der Waals surface area contributed by atoms with Gasteiger partial charge in [0.05, 0.1) is 0 Å². The van der Waals surface area contributed by atoms with E-state index >= 15 is 0 Å². The number of nitrogens with zero attached hydrogens (tertiary/aromatic N) is 1. The van der Waals surface area contributed by atoms with E-state index in [0.717, 1.165) is 0 Å². The average molecular weight is 346 g/mol. The Kier molecular flexibility index (Phi) is 4.55. The van der Waals surface area contributed by atoms with E-state index in [1.807, 2.05) is 0 Å². The molecule has 4 atom stereocenters. The fourth-order valence-electron chi connectivity index (χ4n) is 2.82. The Hall–Kier alpha value is -1.48. The first-order valence-corrected chi connectivity index (χ1v) is 7.16. The molecule has 0 spiro atoms. The second-order valence-electron chi connectivity index (χ2n) is 6.11. The van der Waals surface area contributed by atoms with E-state index in [1.165, 1.54) is 0 Å². The molecule has 2 rings (SSSR count). The van der Waals surface area contributed by atoms with Crippen molar-refractivity contribution in [3.63, 3.8) is 0 Å². The SMILES string of the molecule is CC1CC1C(=O)N1C[C@H](NC(=O)C(F)(F)F)CC[C@H]1C(F)(F)F. The van der Waals surface area contributed by atoms with Gasteiger partial charge in [-0.1, -0.05) is 6.92 Å². The molecule has 23 heavy (non-hydrogen) atoms. The predicted molar refractivity (Wildman–Crippen MR) is 66.0 cm³/mol. The van der Waals surface area contributed by atoms with Crippen LogP contribution in [0.4, 0.5) is 26.3 Å². The molecule has 1 aliphatic heterocycles. The average Bonchev–Trinajstić information content (AvgIpc) is 3.12. The highest BCUT2D eigenvalue weighted by Gasteiger charge is 2.52. The fourth-order valence-corrected chi connectivity index (χ4v) is 2.82. The third kappa shape index (κ3) is 4.08. The molecule has 1 aliphatic carbocycles. The number of alkyl halides is 6. The molecule has 2 unspecified atom stereocenters. The molecule has 1 saturated carbocycles. The van der Waals surface area contributed by atoms with Crippen LogP contribution in [0.2, 0.25) is 0 Å². The summed E-state index contributed by atoms with van der Waals surface area (Å²) in [7, 11) is 0. The smallest absolute Gasteiger partial charge is 0.344 e. The second-order valence-corrected chi connectivity index (χ2v) is 6.11. The molecule has 2 amide bonds. The van der Waals surface area contributed by atoms with Gasteiger partial charge in [0.15, 0.2) is 0 Å². The van der Waals surface area contributed by atoms with Crippen LogP contribution in [0, 0.1) is 11.8 Å². The summed E-state index contributed by atoms with van der Waals surface area (Å²) in [5.74, 6) is -3.45. The lowest BCUT2D eigenvalue weighted by Gasteiger charge is -2.40. The second kappa shape index (κ2) is 5.86. The van der Waals surface area contributed by atoms with E-state index in [4.69, 9.17) is 0 Å². The number of likely N-dealkylation sites (tertiary alicyclic amines) is 1. The Morgan fingerprint density at radius 3 is 2.09 bits per heavy atom. The Balaban J connectivity index is 2.09. The highest BCUT2D eigenvalue weighted by molar-refractivity contribution is 5.83. The highest BCUT2D eigenvalue weighted by Crippen LogP contribution is 2.42. The molecule has 1 heterocycles. The van der Waals surface area contributed by atoms with E-state index in [9.17, 15) is 35.9 Å². The van der Waals surface area contributed by atoms with Gasteiger partial charge in [0.1, 0.15) is 6.04 Å². The largest absolute Gasteiger partial charge is 0.471 e. The molecule has 132 valence electrons. The van der Waals surface area contributed by atoms with Crippen LogP contribution >= 0.6 is 0 Å². The molecule has 1 N–H and O–H groups in total. The summed E-state index contributed by atoms with van der Waals surface area (Å²) in [6.07, 6.45) is -10.1. The van der Waals surface area contributed by atoms with Crippen LogP contribution < -0.4 is 5.32 Å². The molecule has 0 radical (unpaired) electrons. The number of amides is 2. The first kappa shape index (κ1) is 17.9. The fraction of sp³-hybridized carbons (Fsp3) is 0.846. The Bertz CT molecular complexity index is 490. The summed E-state index contributed by atoms with van der Waals surface area (Å²) in [5.41, 5.74) is 0. The number of halogens is 6. The molecule has 0 aromatic rings. The van der Waals surface area contributed by atoms with Crippen LogP contribution in [0.3, 0.4) is 0 Å². The van der Waals surface area contributed by atoms with Crippen LogP contribution in [-0.2, 0) is 9.59 Å². The lowest BCUT2D eigenvalue weighted by Crippen LogP contribution is -2.59. The van der Waals surface area contributed by atoms with Crippen LogP contribution in [-0.4, -0.2) is 47.7 Å². The summed E-state index contributed by atoms with van der Waals surface area (Å²) >= 11 is 0. The number of nitrogens with one attached hydrogen (secondary N) is 1. The Morgan fingerprint density at radius 2 is 1.65 bits per heavy atom. The number of piperidine rings is 1. The molecule has 0 bridgehead atoms. The minimum absolute atomic E-state index is 0.0264. The third-order valence-corrected chi connectivity index (χ3v) is 4.26. The van der Waals surface area contributed by atoms with Crippen molar-refractivity contribution < 1.29 is 35.9 Å². The molecule has 10 heteroatoms. The molecule has 2 aliphatic rings. The van der Waals surface area contributed by atoms with Gasteiger partial charge in [-0.05, 0) is 25.2 Å². The molecule has 0 aromatic carbocycles. The third-order valence-electron chi connectivity index (χ3n) is 4.26. The normalized spacial score (nSPS) is 31.7. The van der Waals surface area contributed by atoms with Crippen LogP contribution in [0.25, 0.3) is 0 Å². The zero-order chi connectivity index (χ0) is 17.6. The van der Waals surface area contributed by atoms with Crippen LogP contribution in [0.5, 0.6) is 0 Å². The van der Waals surface area contributed by atoms with Crippen molar-refractivity contribution in [2.24, 2.45) is 11.8 Å². The van der Waals surface area contributed by atoms with Crippen molar-refractivity contribution in [2.45, 2.75) is 50.6 Å². The summed E-state index contributed by atoms with van der Waals surface area (Å²) in [5, 5.41) is 1.66. The van der Waals surface area contributed by atoms with Gasteiger partial charge in [-0.25, -0.2) is 0 Å². The summed E-state index contributed by atoms with van der Waals surface area (Å²) in [4.78, 5) is 23.7. The standard InChI is InChI=1S/C13H16F6N2O2/c1-6-4-8(6)10(22)21-5-7(20-11(23)13(17,18)19)2-3-9(21)12(14,15)16/h6-9H,2-5H2,1H3,(H,20,23)/t6?,7-,8?,9+/m1/s1. The van der Waals surface area contributed by atoms with Crippen LogP contribution in [0.15, 0.2) is 0 Å². The van der Waals surface area contributed by atoms with Crippen molar-refractivity contribution in [1.29, 1.82) is 0 Å². The lowest BCUT2D eigenvalue weighted by atomic mass is 9.96. The zero-order valence-corrected chi connectivity index (χ0v) is 12.2. The molecule has 0 aromatic heterocycles. The van der Waals surface area contributed by atoms with Crippen molar-refractivity contribution in [3.8, 4) is 0 Å². The monoisotopic (exact) mass is 346 g/mol. The molecule has 4 nitrogen and oxygen atoms in total. The van der Waals surface area contributed by atoms with Crippen molar-refractivity contribution >= 4 is 11.8 Å². The number of hydrogen-bond donors (Lipinski definition) is 1. The van der Waals surface area contributed by atoms with Gasteiger partial charge in [-0.2, -0.15) is 26.3 Å². The molecular formula is C13H16F6N2O2. The molecule has 1 saturated heterocycles.